The Morgan fingerprint density at radius 1 is 0.545 bits per heavy atom. The van der Waals surface area contributed by atoms with Gasteiger partial charge >= 0.3 is 0 Å². The summed E-state index contributed by atoms with van der Waals surface area (Å²) in [7, 11) is 0. The molecule has 0 aliphatic carbocycles. The molecule has 0 amide bonds. The fourth-order valence-electron chi connectivity index (χ4n) is 2.89. The van der Waals surface area contributed by atoms with Crippen LogP contribution in [0, 0.1) is 5.92 Å². The SMILES string of the molecule is CCCCCCCCCCCCCCCCCOCC(C)C. The molecule has 0 rings (SSSR count). The lowest BCUT2D eigenvalue weighted by Gasteiger charge is -2.06. The van der Waals surface area contributed by atoms with Crippen molar-refractivity contribution in [3.05, 3.63) is 0 Å². The first-order chi connectivity index (χ1) is 10.8. The van der Waals surface area contributed by atoms with Crippen LogP contribution in [0.4, 0.5) is 0 Å². The van der Waals surface area contributed by atoms with E-state index in [1.165, 1.54) is 96.3 Å². The van der Waals surface area contributed by atoms with Crippen LogP contribution in [-0.4, -0.2) is 13.2 Å². The molecule has 1 heteroatoms. The average molecular weight is 313 g/mol. The highest BCUT2D eigenvalue weighted by Crippen LogP contribution is 2.13. The van der Waals surface area contributed by atoms with E-state index in [0.29, 0.717) is 5.92 Å². The Morgan fingerprint density at radius 2 is 0.909 bits per heavy atom. The van der Waals surface area contributed by atoms with Crippen LogP contribution < -0.4 is 0 Å². The Labute approximate surface area is 141 Å². The number of rotatable bonds is 18. The van der Waals surface area contributed by atoms with E-state index in [1.807, 2.05) is 0 Å². The van der Waals surface area contributed by atoms with Gasteiger partial charge in [0.05, 0.1) is 0 Å². The summed E-state index contributed by atoms with van der Waals surface area (Å²) in [6.45, 7) is 8.62. The van der Waals surface area contributed by atoms with Crippen molar-refractivity contribution in [1.29, 1.82) is 0 Å². The van der Waals surface area contributed by atoms with E-state index < -0.39 is 0 Å². The predicted octanol–water partition coefficient (Wildman–Crippen LogP) is 7.53. The van der Waals surface area contributed by atoms with E-state index in [-0.39, 0.29) is 0 Å². The van der Waals surface area contributed by atoms with Crippen molar-refractivity contribution in [2.24, 2.45) is 5.92 Å². The lowest BCUT2D eigenvalue weighted by Crippen LogP contribution is -2.02. The second-order valence-electron chi connectivity index (χ2n) is 7.42. The second-order valence-corrected chi connectivity index (χ2v) is 7.42. The maximum absolute atomic E-state index is 5.61. The van der Waals surface area contributed by atoms with Gasteiger partial charge in [-0.1, -0.05) is 111 Å². The first-order valence-corrected chi connectivity index (χ1v) is 10.3. The molecule has 0 aromatic carbocycles. The molecule has 0 atom stereocenters. The van der Waals surface area contributed by atoms with Crippen molar-refractivity contribution in [3.63, 3.8) is 0 Å². The zero-order valence-electron chi connectivity index (χ0n) is 16.0. The largest absolute Gasteiger partial charge is 0.381 e. The van der Waals surface area contributed by atoms with Gasteiger partial charge in [-0.3, -0.25) is 0 Å². The topological polar surface area (TPSA) is 9.23 Å². The molecule has 0 radical (unpaired) electrons. The molecule has 0 saturated carbocycles. The van der Waals surface area contributed by atoms with Gasteiger partial charge in [0.1, 0.15) is 0 Å². The van der Waals surface area contributed by atoms with Crippen LogP contribution in [0.5, 0.6) is 0 Å². The molecule has 0 unspecified atom stereocenters. The minimum absolute atomic E-state index is 0.677. The van der Waals surface area contributed by atoms with Crippen molar-refractivity contribution in [3.8, 4) is 0 Å². The molecule has 0 aromatic heterocycles. The van der Waals surface area contributed by atoms with Crippen LogP contribution in [0.1, 0.15) is 117 Å². The first-order valence-electron chi connectivity index (χ1n) is 10.3. The van der Waals surface area contributed by atoms with Crippen molar-refractivity contribution >= 4 is 0 Å². The Kier molecular flexibility index (Phi) is 19.0. The van der Waals surface area contributed by atoms with Gasteiger partial charge in [0.15, 0.2) is 0 Å². The van der Waals surface area contributed by atoms with Gasteiger partial charge in [0, 0.05) is 13.2 Å². The molecule has 0 aliphatic rings. The Morgan fingerprint density at radius 3 is 1.27 bits per heavy atom. The summed E-state index contributed by atoms with van der Waals surface area (Å²) < 4.78 is 5.61. The lowest BCUT2D eigenvalue weighted by molar-refractivity contribution is 0.106. The molecule has 0 heterocycles. The van der Waals surface area contributed by atoms with Crippen molar-refractivity contribution in [1.82, 2.24) is 0 Å². The molecule has 1 nitrogen and oxygen atoms in total. The molecule has 0 aromatic rings. The fourth-order valence-corrected chi connectivity index (χ4v) is 2.89. The third-order valence-electron chi connectivity index (χ3n) is 4.34. The van der Waals surface area contributed by atoms with Crippen LogP contribution in [0.15, 0.2) is 0 Å². The standard InChI is InChI=1S/C21H44O/c1-4-5-6-7-8-9-10-11-12-13-14-15-16-17-18-19-22-20-21(2)3/h21H,4-20H2,1-3H3. The van der Waals surface area contributed by atoms with Gasteiger partial charge in [0.25, 0.3) is 0 Å². The molecule has 0 spiro atoms. The Balaban J connectivity index is 2.94. The number of hydrogen-bond acceptors (Lipinski definition) is 1. The second kappa shape index (κ2) is 19.0. The molecular weight excluding hydrogens is 268 g/mol. The minimum Gasteiger partial charge on any atom is -0.381 e. The monoisotopic (exact) mass is 312 g/mol. The summed E-state index contributed by atoms with van der Waals surface area (Å²) in [5.41, 5.74) is 0. The van der Waals surface area contributed by atoms with Crippen LogP contribution in [0.2, 0.25) is 0 Å². The van der Waals surface area contributed by atoms with E-state index in [2.05, 4.69) is 20.8 Å². The summed E-state index contributed by atoms with van der Waals surface area (Å²) in [6, 6.07) is 0. The first kappa shape index (κ1) is 22.0. The number of ether oxygens (including phenoxy) is 1. The lowest BCUT2D eigenvalue weighted by atomic mass is 10.0. The smallest absolute Gasteiger partial charge is 0.0488 e. The van der Waals surface area contributed by atoms with Gasteiger partial charge in [-0.2, -0.15) is 0 Å². The summed E-state index contributed by atoms with van der Waals surface area (Å²) in [6.07, 6.45) is 21.4. The summed E-state index contributed by atoms with van der Waals surface area (Å²) in [5, 5.41) is 0. The zero-order chi connectivity index (χ0) is 16.3. The maximum Gasteiger partial charge on any atom is 0.0488 e. The predicted molar refractivity (Wildman–Crippen MR) is 101 cm³/mol. The average Bonchev–Trinajstić information content (AvgIpc) is 2.50. The molecular formula is C21H44O. The highest BCUT2D eigenvalue weighted by atomic mass is 16.5. The van der Waals surface area contributed by atoms with Crippen LogP contribution >= 0.6 is 0 Å². The molecule has 0 fully saturated rings. The molecule has 0 bridgehead atoms. The maximum atomic E-state index is 5.61. The van der Waals surface area contributed by atoms with Gasteiger partial charge in [0.2, 0.25) is 0 Å². The van der Waals surface area contributed by atoms with Gasteiger partial charge in [-0.15, -0.1) is 0 Å². The van der Waals surface area contributed by atoms with E-state index in [1.54, 1.807) is 0 Å². The minimum atomic E-state index is 0.677. The van der Waals surface area contributed by atoms with E-state index in [4.69, 9.17) is 4.74 Å². The van der Waals surface area contributed by atoms with Crippen molar-refractivity contribution < 1.29 is 4.74 Å². The third kappa shape index (κ3) is 20.0. The van der Waals surface area contributed by atoms with Crippen LogP contribution in [-0.2, 0) is 4.74 Å². The van der Waals surface area contributed by atoms with Gasteiger partial charge in [-0.25, -0.2) is 0 Å². The quantitative estimate of drug-likeness (QED) is 0.238. The number of unbranched alkanes of at least 4 members (excludes halogenated alkanes) is 14. The number of hydrogen-bond donors (Lipinski definition) is 0. The highest BCUT2D eigenvalue weighted by Gasteiger charge is 1.95. The van der Waals surface area contributed by atoms with E-state index >= 15 is 0 Å². The van der Waals surface area contributed by atoms with Gasteiger partial charge in [-0.05, 0) is 12.3 Å². The molecule has 134 valence electrons. The van der Waals surface area contributed by atoms with E-state index in [0.717, 1.165) is 13.2 Å². The Bertz CT molecular complexity index is 188. The van der Waals surface area contributed by atoms with Gasteiger partial charge < -0.3 is 4.74 Å². The van der Waals surface area contributed by atoms with Crippen molar-refractivity contribution in [2.75, 3.05) is 13.2 Å². The molecule has 0 aliphatic heterocycles. The fraction of sp³-hybridized carbons (Fsp3) is 1.00. The molecule has 0 N–H and O–H groups in total. The van der Waals surface area contributed by atoms with Crippen LogP contribution in [0.25, 0.3) is 0 Å². The third-order valence-corrected chi connectivity index (χ3v) is 4.34. The van der Waals surface area contributed by atoms with Crippen LogP contribution in [0.3, 0.4) is 0 Å². The summed E-state index contributed by atoms with van der Waals surface area (Å²) >= 11 is 0. The highest BCUT2D eigenvalue weighted by molar-refractivity contribution is 4.49. The van der Waals surface area contributed by atoms with Crippen molar-refractivity contribution in [2.45, 2.75) is 117 Å². The zero-order valence-corrected chi connectivity index (χ0v) is 16.0. The Hall–Kier alpha value is -0.0400. The molecule has 22 heavy (non-hydrogen) atoms. The molecule has 0 saturated heterocycles. The summed E-state index contributed by atoms with van der Waals surface area (Å²) in [4.78, 5) is 0. The summed E-state index contributed by atoms with van der Waals surface area (Å²) in [5.74, 6) is 0.677. The van der Waals surface area contributed by atoms with E-state index in [9.17, 15) is 0 Å². The normalized spacial score (nSPS) is 11.5.